The fourth-order valence-electron chi connectivity index (χ4n) is 2.21. The second-order valence-corrected chi connectivity index (χ2v) is 6.38. The molecule has 21 heavy (non-hydrogen) atoms. The molecule has 3 nitrogen and oxygen atoms in total. The van der Waals surface area contributed by atoms with Crippen LogP contribution in [0.15, 0.2) is 47.1 Å². The van der Waals surface area contributed by atoms with Gasteiger partial charge >= 0.3 is 0 Å². The second kappa shape index (κ2) is 6.16. The number of aromatic nitrogens is 1. The minimum Gasteiger partial charge on any atom is -0.330 e. The van der Waals surface area contributed by atoms with Gasteiger partial charge in [0, 0.05) is 22.3 Å². The predicted octanol–water partition coefficient (Wildman–Crippen LogP) is 4.30. The number of rotatable bonds is 4. The van der Waals surface area contributed by atoms with Crippen LogP contribution in [-0.4, -0.2) is 21.8 Å². The molecule has 0 bridgehead atoms. The van der Waals surface area contributed by atoms with Crippen molar-refractivity contribution in [3.05, 3.63) is 63.3 Å². The SMILES string of the molecule is O=C(c1ccc(Cl)c(Br)c1)N(Cc1ccccn1)C1CC1. The molecule has 1 amide bonds. The van der Waals surface area contributed by atoms with Gasteiger partial charge in [-0.2, -0.15) is 0 Å². The zero-order chi connectivity index (χ0) is 14.8. The van der Waals surface area contributed by atoms with E-state index in [9.17, 15) is 4.79 Å². The van der Waals surface area contributed by atoms with E-state index in [2.05, 4.69) is 20.9 Å². The lowest BCUT2D eigenvalue weighted by atomic mass is 10.2. The standard InChI is InChI=1S/C16H14BrClN2O/c17-14-9-11(4-7-15(14)18)16(21)20(13-5-6-13)10-12-3-1-2-8-19-12/h1-4,7-9,13H,5-6,10H2. The number of carbonyl (C=O) groups is 1. The normalized spacial score (nSPS) is 14.0. The summed E-state index contributed by atoms with van der Waals surface area (Å²) in [4.78, 5) is 18.9. The van der Waals surface area contributed by atoms with Crippen LogP contribution in [0.2, 0.25) is 5.02 Å². The summed E-state index contributed by atoms with van der Waals surface area (Å²) in [5.74, 6) is 0.0283. The van der Waals surface area contributed by atoms with Gasteiger partial charge in [-0.25, -0.2) is 0 Å². The lowest BCUT2D eigenvalue weighted by Crippen LogP contribution is -2.32. The summed E-state index contributed by atoms with van der Waals surface area (Å²) >= 11 is 9.36. The number of halogens is 2. The minimum absolute atomic E-state index is 0.0283. The summed E-state index contributed by atoms with van der Waals surface area (Å²) in [5, 5.41) is 0.606. The molecular formula is C16H14BrClN2O. The van der Waals surface area contributed by atoms with Crippen molar-refractivity contribution in [2.75, 3.05) is 0 Å². The van der Waals surface area contributed by atoms with E-state index < -0.39 is 0 Å². The average molecular weight is 366 g/mol. The highest BCUT2D eigenvalue weighted by Crippen LogP contribution is 2.31. The molecule has 2 aromatic rings. The highest BCUT2D eigenvalue weighted by molar-refractivity contribution is 9.10. The molecule has 1 aliphatic rings. The van der Waals surface area contributed by atoms with Gasteiger partial charge in [0.05, 0.1) is 17.3 Å². The zero-order valence-electron chi connectivity index (χ0n) is 11.3. The fourth-order valence-corrected chi connectivity index (χ4v) is 2.71. The van der Waals surface area contributed by atoms with Crippen molar-refractivity contribution in [2.24, 2.45) is 0 Å². The largest absolute Gasteiger partial charge is 0.330 e. The third kappa shape index (κ3) is 3.44. The van der Waals surface area contributed by atoms with Crippen molar-refractivity contribution in [2.45, 2.75) is 25.4 Å². The summed E-state index contributed by atoms with van der Waals surface area (Å²) in [5.41, 5.74) is 1.56. The van der Waals surface area contributed by atoms with Crippen LogP contribution in [0, 0.1) is 0 Å². The Bertz CT molecular complexity index is 659. The first-order chi connectivity index (χ1) is 10.1. The monoisotopic (exact) mass is 364 g/mol. The van der Waals surface area contributed by atoms with E-state index in [0.29, 0.717) is 23.2 Å². The number of pyridine rings is 1. The van der Waals surface area contributed by atoms with E-state index in [1.807, 2.05) is 23.1 Å². The van der Waals surface area contributed by atoms with E-state index in [4.69, 9.17) is 11.6 Å². The van der Waals surface area contributed by atoms with Crippen molar-refractivity contribution in [1.29, 1.82) is 0 Å². The van der Waals surface area contributed by atoms with Crippen molar-refractivity contribution in [3.63, 3.8) is 0 Å². The van der Waals surface area contributed by atoms with E-state index in [-0.39, 0.29) is 5.91 Å². The molecule has 5 heteroatoms. The van der Waals surface area contributed by atoms with Crippen LogP contribution < -0.4 is 0 Å². The van der Waals surface area contributed by atoms with Crippen LogP contribution in [0.4, 0.5) is 0 Å². The maximum absolute atomic E-state index is 12.7. The van der Waals surface area contributed by atoms with Gasteiger partial charge in [0.2, 0.25) is 0 Å². The maximum atomic E-state index is 12.7. The average Bonchev–Trinajstić information content (AvgIpc) is 3.33. The van der Waals surface area contributed by atoms with Crippen LogP contribution in [0.3, 0.4) is 0 Å². The first kappa shape index (κ1) is 14.5. The second-order valence-electron chi connectivity index (χ2n) is 5.11. The molecule has 0 unspecified atom stereocenters. The van der Waals surface area contributed by atoms with Crippen LogP contribution >= 0.6 is 27.5 Å². The molecule has 1 heterocycles. The minimum atomic E-state index is 0.0283. The van der Waals surface area contributed by atoms with Crippen LogP contribution in [0.25, 0.3) is 0 Å². The summed E-state index contributed by atoms with van der Waals surface area (Å²) in [7, 11) is 0. The Kier molecular flexibility index (Phi) is 4.27. The topological polar surface area (TPSA) is 33.2 Å². The molecular weight excluding hydrogens is 352 g/mol. The molecule has 1 saturated carbocycles. The number of amides is 1. The van der Waals surface area contributed by atoms with Crippen molar-refractivity contribution >= 4 is 33.4 Å². The van der Waals surface area contributed by atoms with Crippen molar-refractivity contribution in [3.8, 4) is 0 Å². The molecule has 1 fully saturated rings. The maximum Gasteiger partial charge on any atom is 0.254 e. The summed E-state index contributed by atoms with van der Waals surface area (Å²) in [6, 6.07) is 11.4. The Morgan fingerprint density at radius 1 is 1.33 bits per heavy atom. The van der Waals surface area contributed by atoms with E-state index >= 15 is 0 Å². The van der Waals surface area contributed by atoms with Gasteiger partial charge in [-0.3, -0.25) is 9.78 Å². The molecule has 0 atom stereocenters. The number of hydrogen-bond donors (Lipinski definition) is 0. The van der Waals surface area contributed by atoms with Crippen LogP contribution in [-0.2, 0) is 6.54 Å². The first-order valence-electron chi connectivity index (χ1n) is 6.81. The zero-order valence-corrected chi connectivity index (χ0v) is 13.6. The molecule has 1 aliphatic carbocycles. The summed E-state index contributed by atoms with van der Waals surface area (Å²) in [6.45, 7) is 0.546. The Balaban J connectivity index is 1.83. The smallest absolute Gasteiger partial charge is 0.254 e. The lowest BCUT2D eigenvalue weighted by molar-refractivity contribution is 0.0727. The predicted molar refractivity (Wildman–Crippen MR) is 86.3 cm³/mol. The molecule has 0 radical (unpaired) electrons. The van der Waals surface area contributed by atoms with Gasteiger partial charge in [-0.15, -0.1) is 0 Å². The third-order valence-electron chi connectivity index (χ3n) is 3.47. The van der Waals surface area contributed by atoms with E-state index in [0.717, 1.165) is 23.0 Å². The number of benzene rings is 1. The number of carbonyl (C=O) groups excluding carboxylic acids is 1. The van der Waals surface area contributed by atoms with Gasteiger partial charge in [-0.05, 0) is 59.1 Å². The summed E-state index contributed by atoms with van der Waals surface area (Å²) < 4.78 is 0.739. The van der Waals surface area contributed by atoms with E-state index in [1.165, 1.54) is 0 Å². The van der Waals surface area contributed by atoms with Gasteiger partial charge in [0.25, 0.3) is 5.91 Å². The Hall–Kier alpha value is -1.39. The molecule has 0 spiro atoms. The first-order valence-corrected chi connectivity index (χ1v) is 7.98. The Labute approximate surface area is 137 Å². The number of hydrogen-bond acceptors (Lipinski definition) is 2. The molecule has 0 N–H and O–H groups in total. The van der Waals surface area contributed by atoms with Gasteiger partial charge in [0.1, 0.15) is 0 Å². The van der Waals surface area contributed by atoms with Crippen LogP contribution in [0.5, 0.6) is 0 Å². The third-order valence-corrected chi connectivity index (χ3v) is 4.69. The molecule has 108 valence electrons. The van der Waals surface area contributed by atoms with Gasteiger partial charge in [0.15, 0.2) is 0 Å². The fraction of sp³-hybridized carbons (Fsp3) is 0.250. The highest BCUT2D eigenvalue weighted by atomic mass is 79.9. The quantitative estimate of drug-likeness (QED) is 0.809. The number of nitrogens with zero attached hydrogens (tertiary/aromatic N) is 2. The van der Waals surface area contributed by atoms with Gasteiger partial charge < -0.3 is 4.90 Å². The molecule has 1 aromatic heterocycles. The van der Waals surface area contributed by atoms with Crippen molar-refractivity contribution < 1.29 is 4.79 Å². The molecule has 0 aliphatic heterocycles. The lowest BCUT2D eigenvalue weighted by Gasteiger charge is -2.22. The molecule has 3 rings (SSSR count). The van der Waals surface area contributed by atoms with Crippen molar-refractivity contribution in [1.82, 2.24) is 9.88 Å². The van der Waals surface area contributed by atoms with E-state index in [1.54, 1.807) is 24.4 Å². The Morgan fingerprint density at radius 2 is 2.14 bits per heavy atom. The van der Waals surface area contributed by atoms with Crippen LogP contribution in [0.1, 0.15) is 28.9 Å². The molecule has 0 saturated heterocycles. The Morgan fingerprint density at radius 3 is 2.76 bits per heavy atom. The molecule has 1 aromatic carbocycles. The highest BCUT2D eigenvalue weighted by Gasteiger charge is 2.33. The van der Waals surface area contributed by atoms with Gasteiger partial charge in [-0.1, -0.05) is 17.7 Å². The summed E-state index contributed by atoms with van der Waals surface area (Å²) in [6.07, 6.45) is 3.88.